The third-order valence-corrected chi connectivity index (χ3v) is 4.36. The van der Waals surface area contributed by atoms with Crippen molar-refractivity contribution in [2.75, 3.05) is 5.32 Å². The normalized spacial score (nSPS) is 10.6. The van der Waals surface area contributed by atoms with Gasteiger partial charge in [-0.25, -0.2) is 4.68 Å². The first-order valence-electron chi connectivity index (χ1n) is 8.68. The van der Waals surface area contributed by atoms with Crippen molar-refractivity contribution in [1.29, 1.82) is 0 Å². The number of amides is 1. The fourth-order valence-electron chi connectivity index (χ4n) is 2.83. The highest BCUT2D eigenvalue weighted by atomic mass is 16.2. The fourth-order valence-corrected chi connectivity index (χ4v) is 2.83. The van der Waals surface area contributed by atoms with Crippen LogP contribution in [-0.2, 0) is 4.79 Å². The van der Waals surface area contributed by atoms with E-state index >= 15 is 0 Å². The third kappa shape index (κ3) is 4.44. The van der Waals surface area contributed by atoms with Gasteiger partial charge in [0.15, 0.2) is 5.78 Å². The number of hydrogen-bond acceptors (Lipinski definition) is 5. The van der Waals surface area contributed by atoms with Crippen LogP contribution in [0.3, 0.4) is 0 Å². The van der Waals surface area contributed by atoms with E-state index in [-0.39, 0.29) is 24.5 Å². The zero-order valence-corrected chi connectivity index (χ0v) is 15.6. The van der Waals surface area contributed by atoms with E-state index in [9.17, 15) is 9.59 Å². The molecule has 138 valence electrons. The quantitative estimate of drug-likeness (QED) is 0.679. The minimum atomic E-state index is -0.208. The van der Waals surface area contributed by atoms with E-state index in [2.05, 4.69) is 20.8 Å². The molecule has 0 spiro atoms. The predicted molar refractivity (Wildman–Crippen MR) is 102 cm³/mol. The minimum absolute atomic E-state index is 0.0235. The summed E-state index contributed by atoms with van der Waals surface area (Å²) < 4.78 is 1.54. The number of carbonyl (C=O) groups excluding carboxylic acids is 2. The number of ketones is 1. The van der Waals surface area contributed by atoms with Gasteiger partial charge < -0.3 is 5.32 Å². The number of tetrazole rings is 1. The van der Waals surface area contributed by atoms with Crippen LogP contribution >= 0.6 is 0 Å². The molecular formula is C20H21N5O2. The number of hydrogen-bond donors (Lipinski definition) is 1. The molecule has 0 radical (unpaired) electrons. The second-order valence-electron chi connectivity index (χ2n) is 6.55. The number of nitrogens with zero attached hydrogens (tertiary/aromatic N) is 4. The van der Waals surface area contributed by atoms with E-state index in [1.807, 2.05) is 51.1 Å². The second kappa shape index (κ2) is 7.90. The van der Waals surface area contributed by atoms with Crippen LogP contribution in [0.4, 0.5) is 5.69 Å². The van der Waals surface area contributed by atoms with Crippen molar-refractivity contribution in [3.63, 3.8) is 0 Å². The van der Waals surface area contributed by atoms with Crippen LogP contribution in [0, 0.1) is 20.8 Å². The van der Waals surface area contributed by atoms with Gasteiger partial charge in [-0.3, -0.25) is 9.59 Å². The van der Waals surface area contributed by atoms with Gasteiger partial charge in [-0.1, -0.05) is 23.8 Å². The Morgan fingerprint density at radius 1 is 1.00 bits per heavy atom. The van der Waals surface area contributed by atoms with Crippen molar-refractivity contribution >= 4 is 17.4 Å². The molecule has 7 nitrogen and oxygen atoms in total. The summed E-state index contributed by atoms with van der Waals surface area (Å²) in [6.07, 6.45) is 1.79. The molecule has 1 aromatic heterocycles. The molecular weight excluding hydrogens is 342 g/mol. The molecule has 7 heteroatoms. The molecule has 0 aliphatic rings. The molecule has 0 bridgehead atoms. The molecule has 27 heavy (non-hydrogen) atoms. The Hall–Kier alpha value is -3.35. The lowest BCUT2D eigenvalue weighted by atomic mass is 9.99. The first-order chi connectivity index (χ1) is 12.9. The first-order valence-corrected chi connectivity index (χ1v) is 8.68. The summed E-state index contributed by atoms with van der Waals surface area (Å²) in [5.74, 6) is -0.232. The Morgan fingerprint density at radius 3 is 2.52 bits per heavy atom. The van der Waals surface area contributed by atoms with E-state index < -0.39 is 0 Å². The van der Waals surface area contributed by atoms with Crippen molar-refractivity contribution in [2.45, 2.75) is 33.6 Å². The number of benzene rings is 2. The molecule has 0 unspecified atom stereocenters. The van der Waals surface area contributed by atoms with Gasteiger partial charge in [-0.05, 0) is 60.5 Å². The summed E-state index contributed by atoms with van der Waals surface area (Å²) in [7, 11) is 0. The summed E-state index contributed by atoms with van der Waals surface area (Å²) in [5.41, 5.74) is 5.03. The topological polar surface area (TPSA) is 89.8 Å². The Kier molecular flexibility index (Phi) is 5.40. The maximum Gasteiger partial charge on any atom is 0.224 e. The Labute approximate surface area is 157 Å². The lowest BCUT2D eigenvalue weighted by Crippen LogP contribution is -2.14. The van der Waals surface area contributed by atoms with Crippen LogP contribution in [0.5, 0.6) is 0 Å². The number of aryl methyl sites for hydroxylation is 3. The number of anilines is 1. The number of rotatable bonds is 6. The summed E-state index contributed by atoms with van der Waals surface area (Å²) in [5, 5.41) is 14.0. The molecule has 0 fully saturated rings. The molecule has 0 saturated heterocycles. The van der Waals surface area contributed by atoms with Gasteiger partial charge >= 0.3 is 0 Å². The van der Waals surface area contributed by atoms with Crippen LogP contribution in [0.1, 0.15) is 39.9 Å². The van der Waals surface area contributed by atoms with Gasteiger partial charge in [0, 0.05) is 24.1 Å². The van der Waals surface area contributed by atoms with Gasteiger partial charge in [0.05, 0.1) is 5.69 Å². The molecule has 1 N–H and O–H groups in total. The smallest absolute Gasteiger partial charge is 0.224 e. The largest absolute Gasteiger partial charge is 0.326 e. The third-order valence-electron chi connectivity index (χ3n) is 4.36. The highest BCUT2D eigenvalue weighted by Crippen LogP contribution is 2.19. The lowest BCUT2D eigenvalue weighted by molar-refractivity contribution is -0.116. The lowest BCUT2D eigenvalue weighted by Gasteiger charge is -2.10. The van der Waals surface area contributed by atoms with E-state index in [0.717, 1.165) is 22.4 Å². The van der Waals surface area contributed by atoms with E-state index in [1.54, 1.807) is 6.07 Å². The minimum Gasteiger partial charge on any atom is -0.326 e. The van der Waals surface area contributed by atoms with Crippen molar-refractivity contribution in [2.24, 2.45) is 0 Å². The van der Waals surface area contributed by atoms with Crippen LogP contribution in [0.25, 0.3) is 5.69 Å². The van der Waals surface area contributed by atoms with Crippen LogP contribution in [0.2, 0.25) is 0 Å². The Balaban J connectivity index is 1.64. The fraction of sp³-hybridized carbons (Fsp3) is 0.250. The van der Waals surface area contributed by atoms with E-state index in [0.29, 0.717) is 11.3 Å². The maximum absolute atomic E-state index is 12.4. The monoisotopic (exact) mass is 363 g/mol. The average molecular weight is 363 g/mol. The van der Waals surface area contributed by atoms with Gasteiger partial charge in [-0.15, -0.1) is 5.10 Å². The van der Waals surface area contributed by atoms with Crippen LogP contribution < -0.4 is 5.32 Å². The number of aromatic nitrogens is 4. The summed E-state index contributed by atoms with van der Waals surface area (Å²) in [6.45, 7) is 5.79. The number of nitrogens with one attached hydrogen (secondary N) is 1. The molecule has 0 saturated carbocycles. The molecule has 3 rings (SSSR count). The van der Waals surface area contributed by atoms with Crippen LogP contribution in [0.15, 0.2) is 42.7 Å². The zero-order chi connectivity index (χ0) is 19.4. The summed E-state index contributed by atoms with van der Waals surface area (Å²) >= 11 is 0. The molecule has 1 heterocycles. The Bertz CT molecular complexity index is 980. The van der Waals surface area contributed by atoms with E-state index in [4.69, 9.17) is 0 Å². The maximum atomic E-state index is 12.4. The summed E-state index contributed by atoms with van der Waals surface area (Å²) in [6, 6.07) is 11.3. The van der Waals surface area contributed by atoms with E-state index in [1.165, 1.54) is 11.0 Å². The number of Topliss-reactive ketones (excluding diaryl/α,β-unsaturated/α-hetero) is 1. The first kappa shape index (κ1) is 18.4. The molecule has 2 aromatic carbocycles. The molecule has 0 atom stereocenters. The highest BCUT2D eigenvalue weighted by molar-refractivity contribution is 6.01. The molecule has 0 aliphatic heterocycles. The van der Waals surface area contributed by atoms with Crippen molar-refractivity contribution in [3.8, 4) is 5.69 Å². The average Bonchev–Trinajstić information content (AvgIpc) is 3.18. The highest BCUT2D eigenvalue weighted by Gasteiger charge is 2.13. The van der Waals surface area contributed by atoms with Crippen molar-refractivity contribution < 1.29 is 9.59 Å². The molecule has 3 aromatic rings. The molecule has 1 amide bonds. The van der Waals surface area contributed by atoms with Gasteiger partial charge in [0.25, 0.3) is 0 Å². The van der Waals surface area contributed by atoms with Crippen molar-refractivity contribution in [3.05, 3.63) is 65.0 Å². The second-order valence-corrected chi connectivity index (χ2v) is 6.55. The SMILES string of the molecule is Cc1ccc(C)c(C(=O)CCC(=O)Nc2ccc(C)c(-n3cnnn3)c2)c1. The zero-order valence-electron chi connectivity index (χ0n) is 15.6. The van der Waals surface area contributed by atoms with Gasteiger partial charge in [0.1, 0.15) is 6.33 Å². The predicted octanol–water partition coefficient (Wildman–Crippen LogP) is 3.19. The van der Waals surface area contributed by atoms with Crippen molar-refractivity contribution in [1.82, 2.24) is 20.2 Å². The molecule has 0 aliphatic carbocycles. The number of carbonyl (C=O) groups is 2. The van der Waals surface area contributed by atoms with Gasteiger partial charge in [-0.2, -0.15) is 0 Å². The Morgan fingerprint density at radius 2 is 1.78 bits per heavy atom. The summed E-state index contributed by atoms with van der Waals surface area (Å²) in [4.78, 5) is 24.7. The van der Waals surface area contributed by atoms with Crippen LogP contribution in [-0.4, -0.2) is 31.9 Å². The van der Waals surface area contributed by atoms with Gasteiger partial charge in [0.2, 0.25) is 5.91 Å². The standard InChI is InChI=1S/C20H21N5O2/c1-13-4-5-14(2)17(10-13)19(26)8-9-20(27)22-16-7-6-15(3)18(11-16)25-12-21-23-24-25/h4-7,10-12H,8-9H2,1-3H3,(H,22,27).